The number of nitrogens with zero attached hydrogens (tertiary/aromatic N) is 3. The normalized spacial score (nSPS) is 20.7. The summed E-state index contributed by atoms with van der Waals surface area (Å²) in [4.78, 5) is 12.3. The van der Waals surface area contributed by atoms with E-state index in [1.54, 1.807) is 6.92 Å². The fraction of sp³-hybridized carbons (Fsp3) is 0.500. The van der Waals surface area contributed by atoms with Crippen molar-refractivity contribution in [3.8, 4) is 0 Å². The van der Waals surface area contributed by atoms with Gasteiger partial charge in [0, 0.05) is 12.2 Å². The number of thioether (sulfide) groups is 1. The van der Waals surface area contributed by atoms with Crippen molar-refractivity contribution in [2.45, 2.75) is 36.0 Å². The minimum absolute atomic E-state index is 0.0208. The van der Waals surface area contributed by atoms with Gasteiger partial charge in [-0.25, -0.2) is 8.42 Å². The van der Waals surface area contributed by atoms with Crippen molar-refractivity contribution in [3.05, 3.63) is 22.8 Å². The number of amides is 1. The number of hydrogen-bond acceptors (Lipinski definition) is 6. The van der Waals surface area contributed by atoms with Crippen LogP contribution in [0.25, 0.3) is 5.65 Å². The lowest BCUT2D eigenvalue weighted by atomic mass is 10.2. The highest BCUT2D eigenvalue weighted by atomic mass is 35.5. The predicted molar refractivity (Wildman–Crippen MR) is 93.5 cm³/mol. The zero-order valence-corrected chi connectivity index (χ0v) is 16.2. The average molecular weight is 443 g/mol. The smallest absolute Gasteiger partial charge is 0.351 e. The van der Waals surface area contributed by atoms with Gasteiger partial charge in [-0.2, -0.15) is 13.2 Å². The summed E-state index contributed by atoms with van der Waals surface area (Å²) in [6.07, 6.45) is -3.44. The standard InChI is InChI=1S/C14H14ClF3N4O3S2/c1-7(12(23)19-9-2-3-27(24,25)6-9)26-13-21-20-11-10(15)4-8(5-22(11)13)14(16,17)18/h4-5,7,9H,2-3,6H2,1H3,(H,19,23)/t7-,9-/m0/s1. The van der Waals surface area contributed by atoms with Crippen LogP contribution in [0.5, 0.6) is 0 Å². The molecule has 1 fully saturated rings. The van der Waals surface area contributed by atoms with Crippen LogP contribution >= 0.6 is 23.4 Å². The van der Waals surface area contributed by atoms with Gasteiger partial charge in [-0.05, 0) is 19.4 Å². The zero-order valence-electron chi connectivity index (χ0n) is 13.8. The van der Waals surface area contributed by atoms with Crippen LogP contribution in [-0.2, 0) is 20.8 Å². The molecule has 7 nitrogen and oxygen atoms in total. The molecule has 2 aromatic rings. The number of rotatable bonds is 4. The van der Waals surface area contributed by atoms with Crippen molar-refractivity contribution in [2.75, 3.05) is 11.5 Å². The summed E-state index contributed by atoms with van der Waals surface area (Å²) in [6, 6.07) is 0.295. The molecule has 0 spiro atoms. The minimum Gasteiger partial charge on any atom is -0.351 e. The Bertz CT molecular complexity index is 993. The molecule has 0 aromatic carbocycles. The van der Waals surface area contributed by atoms with E-state index in [4.69, 9.17) is 11.6 Å². The van der Waals surface area contributed by atoms with Gasteiger partial charge in [-0.1, -0.05) is 23.4 Å². The van der Waals surface area contributed by atoms with Crippen molar-refractivity contribution in [3.63, 3.8) is 0 Å². The lowest BCUT2D eigenvalue weighted by Crippen LogP contribution is -2.40. The molecule has 13 heteroatoms. The van der Waals surface area contributed by atoms with Gasteiger partial charge in [0.1, 0.15) is 0 Å². The summed E-state index contributed by atoms with van der Waals surface area (Å²) < 4.78 is 62.9. The molecule has 2 aromatic heterocycles. The zero-order chi connectivity index (χ0) is 20.0. The minimum atomic E-state index is -4.60. The number of alkyl halides is 3. The number of halogens is 4. The third-order valence-electron chi connectivity index (χ3n) is 3.99. The molecule has 1 N–H and O–H groups in total. The Hall–Kier alpha value is -1.53. The molecule has 1 saturated heterocycles. The highest BCUT2D eigenvalue weighted by Gasteiger charge is 2.33. The van der Waals surface area contributed by atoms with E-state index < -0.39 is 38.8 Å². The number of hydrogen-bond donors (Lipinski definition) is 1. The number of nitrogens with one attached hydrogen (secondary N) is 1. The fourth-order valence-corrected chi connectivity index (χ4v) is 5.36. The van der Waals surface area contributed by atoms with E-state index in [1.165, 1.54) is 0 Å². The van der Waals surface area contributed by atoms with E-state index in [-0.39, 0.29) is 27.3 Å². The molecule has 27 heavy (non-hydrogen) atoms. The summed E-state index contributed by atoms with van der Waals surface area (Å²) in [7, 11) is -3.14. The van der Waals surface area contributed by atoms with Crippen molar-refractivity contribution in [1.29, 1.82) is 0 Å². The van der Waals surface area contributed by atoms with Crippen molar-refractivity contribution < 1.29 is 26.4 Å². The fourth-order valence-electron chi connectivity index (χ4n) is 2.61. The number of fused-ring (bicyclic) bond motifs is 1. The predicted octanol–water partition coefficient (Wildman–Crippen LogP) is 2.19. The SMILES string of the molecule is C[C@H](Sc1nnc2c(Cl)cc(C(F)(F)F)cn12)C(=O)N[C@H]1CCS(=O)(=O)C1. The van der Waals surface area contributed by atoms with Crippen molar-refractivity contribution in [2.24, 2.45) is 0 Å². The van der Waals surface area contributed by atoms with Gasteiger partial charge >= 0.3 is 6.18 Å². The number of carbonyl (C=O) groups is 1. The Morgan fingerprint density at radius 1 is 1.44 bits per heavy atom. The Labute approximate surface area is 161 Å². The molecular weight excluding hydrogens is 429 g/mol. The largest absolute Gasteiger partial charge is 0.417 e. The summed E-state index contributed by atoms with van der Waals surface area (Å²) in [5, 5.41) is 9.33. The number of pyridine rings is 1. The van der Waals surface area contributed by atoms with Crippen LogP contribution in [0, 0.1) is 0 Å². The summed E-state index contributed by atoms with van der Waals surface area (Å²) in [5.41, 5.74) is -0.920. The summed E-state index contributed by atoms with van der Waals surface area (Å²) in [5.74, 6) is -0.529. The number of sulfone groups is 1. The first kappa shape index (κ1) is 20.2. The van der Waals surface area contributed by atoms with Crippen LogP contribution in [0.4, 0.5) is 13.2 Å². The van der Waals surface area contributed by atoms with Crippen molar-refractivity contribution in [1.82, 2.24) is 19.9 Å². The van der Waals surface area contributed by atoms with Crippen LogP contribution in [0.3, 0.4) is 0 Å². The third kappa shape index (κ3) is 4.49. The molecule has 0 aliphatic carbocycles. The first-order valence-corrected chi connectivity index (χ1v) is 10.8. The van der Waals surface area contributed by atoms with E-state index >= 15 is 0 Å². The number of carbonyl (C=O) groups excluding carboxylic acids is 1. The van der Waals surface area contributed by atoms with Gasteiger partial charge in [0.15, 0.2) is 20.6 Å². The maximum Gasteiger partial charge on any atom is 0.417 e. The number of aromatic nitrogens is 3. The molecule has 1 aliphatic heterocycles. The molecular formula is C14H14ClF3N4O3S2. The average Bonchev–Trinajstić information content (AvgIpc) is 3.10. The van der Waals surface area contributed by atoms with Crippen LogP contribution in [-0.4, -0.2) is 51.7 Å². The molecule has 148 valence electrons. The maximum absolute atomic E-state index is 13.0. The van der Waals surface area contributed by atoms with E-state index in [1.807, 2.05) is 0 Å². The van der Waals surface area contributed by atoms with Gasteiger partial charge in [0.25, 0.3) is 0 Å². The molecule has 0 unspecified atom stereocenters. The molecule has 1 amide bonds. The lowest BCUT2D eigenvalue weighted by Gasteiger charge is -2.15. The van der Waals surface area contributed by atoms with Gasteiger partial charge in [0.05, 0.1) is 27.3 Å². The van der Waals surface area contributed by atoms with Crippen molar-refractivity contribution >= 4 is 44.8 Å². The Kier molecular flexibility index (Phi) is 5.34. The molecule has 1 aliphatic rings. The van der Waals surface area contributed by atoms with E-state index in [0.29, 0.717) is 6.42 Å². The molecule has 0 radical (unpaired) electrons. The van der Waals surface area contributed by atoms with Crippen LogP contribution in [0.15, 0.2) is 17.4 Å². The monoisotopic (exact) mass is 442 g/mol. The second-order valence-corrected chi connectivity index (χ2v) is 10.1. The van der Waals surface area contributed by atoms with Crippen LogP contribution < -0.4 is 5.32 Å². The van der Waals surface area contributed by atoms with Gasteiger partial charge in [-0.15, -0.1) is 10.2 Å². The lowest BCUT2D eigenvalue weighted by molar-refractivity contribution is -0.137. The Morgan fingerprint density at radius 3 is 2.74 bits per heavy atom. The molecule has 2 atom stereocenters. The second-order valence-electron chi connectivity index (χ2n) is 6.12. The molecule has 3 heterocycles. The first-order valence-electron chi connectivity index (χ1n) is 7.75. The van der Waals surface area contributed by atoms with Crippen LogP contribution in [0.1, 0.15) is 18.9 Å². The third-order valence-corrected chi connectivity index (χ3v) is 7.09. The Morgan fingerprint density at radius 2 is 2.15 bits per heavy atom. The highest BCUT2D eigenvalue weighted by Crippen LogP contribution is 2.33. The summed E-state index contributed by atoms with van der Waals surface area (Å²) >= 11 is 6.75. The quantitative estimate of drug-likeness (QED) is 0.729. The van der Waals surface area contributed by atoms with Crippen LogP contribution in [0.2, 0.25) is 5.02 Å². The topological polar surface area (TPSA) is 93.4 Å². The Balaban J connectivity index is 1.77. The summed E-state index contributed by atoms with van der Waals surface area (Å²) in [6.45, 7) is 1.54. The second kappa shape index (κ2) is 7.13. The van der Waals surface area contributed by atoms with E-state index in [2.05, 4.69) is 15.5 Å². The van der Waals surface area contributed by atoms with Gasteiger partial charge in [-0.3, -0.25) is 9.20 Å². The molecule has 0 saturated carbocycles. The maximum atomic E-state index is 13.0. The van der Waals surface area contributed by atoms with Gasteiger partial charge < -0.3 is 5.32 Å². The van der Waals surface area contributed by atoms with E-state index in [9.17, 15) is 26.4 Å². The van der Waals surface area contributed by atoms with E-state index in [0.717, 1.165) is 28.4 Å². The first-order chi connectivity index (χ1) is 12.5. The molecule has 0 bridgehead atoms. The van der Waals surface area contributed by atoms with Gasteiger partial charge in [0.2, 0.25) is 5.91 Å². The highest BCUT2D eigenvalue weighted by molar-refractivity contribution is 8.00. The molecule has 3 rings (SSSR count).